The van der Waals surface area contributed by atoms with Gasteiger partial charge >= 0.3 is 8.60 Å². The van der Waals surface area contributed by atoms with E-state index in [-0.39, 0.29) is 12.6 Å². The van der Waals surface area contributed by atoms with Gasteiger partial charge in [-0.3, -0.25) is 0 Å². The maximum Gasteiger partial charge on any atom is 0.391 e. The van der Waals surface area contributed by atoms with Gasteiger partial charge in [0.05, 0.1) is 0 Å². The van der Waals surface area contributed by atoms with Gasteiger partial charge in [0, 0.05) is 6.04 Å². The van der Waals surface area contributed by atoms with Crippen LogP contribution in [0, 0.1) is 0 Å². The molecule has 3 rings (SSSR count). The summed E-state index contributed by atoms with van der Waals surface area (Å²) in [5, 5.41) is 13.4. The summed E-state index contributed by atoms with van der Waals surface area (Å²) in [6.45, 7) is 4.37. The van der Waals surface area contributed by atoms with Gasteiger partial charge in [-0.15, -0.1) is 0 Å². The minimum Gasteiger partial charge on any atom is -0.491 e. The van der Waals surface area contributed by atoms with E-state index in [1.807, 2.05) is 68.6 Å². The van der Waals surface area contributed by atoms with E-state index in [1.165, 1.54) is 5.57 Å². The molecule has 0 aliphatic rings. The highest BCUT2D eigenvalue weighted by Crippen LogP contribution is 2.36. The number of nitrogens with one attached hydrogen (secondary N) is 1. The van der Waals surface area contributed by atoms with Crippen molar-refractivity contribution in [2.75, 3.05) is 13.7 Å². The molecular formula is C28H34NO5P. The number of aliphatic hydroxyl groups is 1. The molecule has 0 spiro atoms. The van der Waals surface area contributed by atoms with E-state index in [9.17, 15) is 5.11 Å². The number of likely N-dealkylation sites (N-methyl/N-ethyl adjacent to an activating group) is 1. The molecular weight excluding hydrogens is 461 g/mol. The second-order valence-electron chi connectivity index (χ2n) is 8.15. The van der Waals surface area contributed by atoms with Crippen molar-refractivity contribution in [2.24, 2.45) is 0 Å². The van der Waals surface area contributed by atoms with E-state index < -0.39 is 14.7 Å². The van der Waals surface area contributed by atoms with Gasteiger partial charge in [0.15, 0.2) is 0 Å². The van der Waals surface area contributed by atoms with Crippen molar-refractivity contribution in [1.82, 2.24) is 5.32 Å². The van der Waals surface area contributed by atoms with Crippen molar-refractivity contribution in [1.29, 1.82) is 0 Å². The molecule has 186 valence electrons. The molecule has 0 radical (unpaired) electrons. The van der Waals surface area contributed by atoms with Crippen LogP contribution in [0.5, 0.6) is 11.5 Å². The van der Waals surface area contributed by atoms with Crippen LogP contribution in [0.1, 0.15) is 43.4 Å². The third-order valence-corrected chi connectivity index (χ3v) is 6.32. The van der Waals surface area contributed by atoms with Gasteiger partial charge in [0.2, 0.25) is 0 Å². The summed E-state index contributed by atoms with van der Waals surface area (Å²) in [4.78, 5) is 18.3. The molecule has 0 amide bonds. The zero-order chi connectivity index (χ0) is 25.2. The van der Waals surface area contributed by atoms with E-state index in [0.29, 0.717) is 11.5 Å². The van der Waals surface area contributed by atoms with Crippen molar-refractivity contribution in [3.8, 4) is 11.5 Å². The van der Waals surface area contributed by atoms with Crippen molar-refractivity contribution < 1.29 is 24.2 Å². The zero-order valence-corrected chi connectivity index (χ0v) is 21.3. The highest BCUT2D eigenvalue weighted by atomic mass is 31.2. The maximum atomic E-state index is 10.3. The molecule has 2 unspecified atom stereocenters. The van der Waals surface area contributed by atoms with Crippen LogP contribution in [0.15, 0.2) is 78.9 Å². The Bertz CT molecular complexity index is 1060. The van der Waals surface area contributed by atoms with Gasteiger partial charge in [0.25, 0.3) is 0 Å². The van der Waals surface area contributed by atoms with Crippen molar-refractivity contribution in [2.45, 2.75) is 38.8 Å². The maximum absolute atomic E-state index is 10.3. The summed E-state index contributed by atoms with van der Waals surface area (Å²) in [6, 6.07) is 25.5. The first-order valence-corrected chi connectivity index (χ1v) is 13.0. The Morgan fingerprint density at radius 1 is 0.829 bits per heavy atom. The quantitative estimate of drug-likeness (QED) is 0.199. The standard InChI is InChI=1S/C28H34NO5P/c1-4-25(20-9-7-6-8-10-20)28(22-13-17-24(18-14-22)34-35(31)32)21-11-15-23(16-12-21)33-19-27(30)26(5-2)29-3/h6-18,26-27,29-32H,4-5,19H2,1-3H3. The van der Waals surface area contributed by atoms with Gasteiger partial charge < -0.3 is 29.5 Å². The van der Waals surface area contributed by atoms with E-state index >= 15 is 0 Å². The largest absolute Gasteiger partial charge is 0.491 e. The van der Waals surface area contributed by atoms with Crippen molar-refractivity contribution in [3.05, 3.63) is 95.6 Å². The molecule has 0 heterocycles. The summed E-state index contributed by atoms with van der Waals surface area (Å²) in [6.07, 6.45) is 1.04. The van der Waals surface area contributed by atoms with Crippen LogP contribution < -0.4 is 14.6 Å². The predicted molar refractivity (Wildman–Crippen MR) is 142 cm³/mol. The number of allylic oxidation sites excluding steroid dienone is 1. The van der Waals surface area contributed by atoms with Crippen LogP contribution in [0.25, 0.3) is 11.1 Å². The Balaban J connectivity index is 1.95. The van der Waals surface area contributed by atoms with Crippen LogP contribution in [0.2, 0.25) is 0 Å². The molecule has 0 saturated carbocycles. The minimum absolute atomic E-state index is 0.0121. The molecule has 4 N–H and O–H groups in total. The first-order chi connectivity index (χ1) is 17.0. The van der Waals surface area contributed by atoms with Gasteiger partial charge in [-0.1, -0.05) is 68.4 Å². The Morgan fingerprint density at radius 2 is 1.40 bits per heavy atom. The number of hydrogen-bond acceptors (Lipinski definition) is 6. The SMILES string of the molecule is CCC(=C(c1ccc(OCC(O)C(CC)NC)cc1)c1ccc(OP(O)O)cc1)c1ccccc1. The third-order valence-electron chi connectivity index (χ3n) is 5.95. The van der Waals surface area contributed by atoms with E-state index in [0.717, 1.165) is 35.1 Å². The fourth-order valence-corrected chi connectivity index (χ4v) is 4.45. The molecule has 3 aromatic carbocycles. The molecule has 0 bridgehead atoms. The monoisotopic (exact) mass is 495 g/mol. The van der Waals surface area contributed by atoms with Crippen LogP contribution in [0.3, 0.4) is 0 Å². The fraction of sp³-hybridized carbons (Fsp3) is 0.286. The lowest BCUT2D eigenvalue weighted by Gasteiger charge is -2.21. The molecule has 0 aliphatic carbocycles. The second kappa shape index (κ2) is 13.4. The van der Waals surface area contributed by atoms with Crippen LogP contribution >= 0.6 is 8.60 Å². The number of ether oxygens (including phenoxy) is 1. The summed E-state index contributed by atoms with van der Waals surface area (Å²) >= 11 is 0. The average molecular weight is 496 g/mol. The lowest BCUT2D eigenvalue weighted by atomic mass is 9.88. The van der Waals surface area contributed by atoms with Gasteiger partial charge in [0.1, 0.15) is 24.2 Å². The molecule has 0 saturated heterocycles. The van der Waals surface area contributed by atoms with Crippen LogP contribution in [0.4, 0.5) is 0 Å². The predicted octanol–water partition coefficient (Wildman–Crippen LogP) is 5.38. The van der Waals surface area contributed by atoms with Crippen molar-refractivity contribution >= 4 is 19.7 Å². The summed E-state index contributed by atoms with van der Waals surface area (Å²) in [7, 11) is -0.627. The highest BCUT2D eigenvalue weighted by molar-refractivity contribution is 7.39. The first-order valence-electron chi connectivity index (χ1n) is 11.8. The number of benzene rings is 3. The third kappa shape index (κ3) is 7.38. The fourth-order valence-electron chi connectivity index (χ4n) is 4.14. The highest BCUT2D eigenvalue weighted by Gasteiger charge is 2.17. The lowest BCUT2D eigenvalue weighted by Crippen LogP contribution is -2.40. The Morgan fingerprint density at radius 3 is 1.89 bits per heavy atom. The van der Waals surface area contributed by atoms with E-state index in [4.69, 9.17) is 19.0 Å². The average Bonchev–Trinajstić information content (AvgIpc) is 2.88. The lowest BCUT2D eigenvalue weighted by molar-refractivity contribution is 0.0743. The summed E-state index contributed by atoms with van der Waals surface area (Å²) in [5.74, 6) is 1.09. The number of rotatable bonds is 12. The molecule has 2 atom stereocenters. The van der Waals surface area contributed by atoms with E-state index in [1.54, 1.807) is 12.1 Å². The summed E-state index contributed by atoms with van der Waals surface area (Å²) < 4.78 is 10.9. The molecule has 3 aromatic rings. The molecule has 6 nitrogen and oxygen atoms in total. The van der Waals surface area contributed by atoms with Crippen LogP contribution in [-0.2, 0) is 0 Å². The minimum atomic E-state index is -2.46. The Hall–Kier alpha value is -2.73. The zero-order valence-electron chi connectivity index (χ0n) is 20.4. The molecule has 35 heavy (non-hydrogen) atoms. The first kappa shape index (κ1) is 26.9. The smallest absolute Gasteiger partial charge is 0.391 e. The van der Waals surface area contributed by atoms with Gasteiger partial charge in [-0.05, 0) is 72.0 Å². The number of aliphatic hydroxyl groups excluding tert-OH is 1. The Labute approximate surface area is 208 Å². The molecule has 0 fully saturated rings. The molecule has 7 heteroatoms. The van der Waals surface area contributed by atoms with E-state index in [2.05, 4.69) is 24.4 Å². The summed E-state index contributed by atoms with van der Waals surface area (Å²) in [5.41, 5.74) is 5.42. The van der Waals surface area contributed by atoms with Gasteiger partial charge in [-0.25, -0.2) is 0 Å². The van der Waals surface area contributed by atoms with Crippen LogP contribution in [-0.4, -0.2) is 40.7 Å². The molecule has 0 aromatic heterocycles. The van der Waals surface area contributed by atoms with Crippen molar-refractivity contribution in [3.63, 3.8) is 0 Å². The van der Waals surface area contributed by atoms with Gasteiger partial charge in [-0.2, -0.15) is 0 Å². The number of hydrogen-bond donors (Lipinski definition) is 4. The topological polar surface area (TPSA) is 91.2 Å². The second-order valence-corrected chi connectivity index (χ2v) is 8.84. The molecule has 0 aliphatic heterocycles. The Kier molecular flexibility index (Phi) is 10.3. The normalized spacial score (nSPS) is 13.8.